The maximum absolute atomic E-state index is 12.5. The lowest BCUT2D eigenvalue weighted by atomic mass is 10.0. The van der Waals surface area contributed by atoms with Crippen LogP contribution in [0.5, 0.6) is 0 Å². The molecule has 4 atom stereocenters. The van der Waals surface area contributed by atoms with Crippen LogP contribution in [0.25, 0.3) is 0 Å². The smallest absolute Gasteiger partial charge is 0.326 e. The summed E-state index contributed by atoms with van der Waals surface area (Å²) >= 11 is 1.92. The van der Waals surface area contributed by atoms with Gasteiger partial charge in [-0.05, 0) is 58.3 Å². The number of nitrogens with one attached hydrogen (secondary N) is 7. The molecule has 6 amide bonds. The van der Waals surface area contributed by atoms with Gasteiger partial charge in [-0.2, -0.15) is 0 Å². The van der Waals surface area contributed by atoms with Crippen LogP contribution in [-0.4, -0.2) is 182 Å². The van der Waals surface area contributed by atoms with E-state index in [1.165, 1.54) is 32.6 Å². The summed E-state index contributed by atoms with van der Waals surface area (Å²) in [6, 6.07) is -4.28. The third-order valence-corrected chi connectivity index (χ3v) is 12.9. The van der Waals surface area contributed by atoms with Crippen molar-refractivity contribution in [2.24, 2.45) is 0 Å². The molecule has 0 aromatic heterocycles. The van der Waals surface area contributed by atoms with E-state index in [1.807, 2.05) is 22.9 Å². The molecule has 26 nitrogen and oxygen atoms in total. The molecule has 11 N–H and O–H groups in total. The fraction of sp³-hybridized carbons (Fsp3) is 0.788. The van der Waals surface area contributed by atoms with Crippen molar-refractivity contribution in [3.8, 4) is 0 Å². The highest BCUT2D eigenvalue weighted by Crippen LogP contribution is 2.14. The van der Waals surface area contributed by atoms with Gasteiger partial charge in [-0.25, -0.2) is 14.4 Å². The van der Waals surface area contributed by atoms with Gasteiger partial charge in [0.2, 0.25) is 35.4 Å². The van der Waals surface area contributed by atoms with Crippen LogP contribution >= 0.6 is 22.9 Å². The molecule has 0 aliphatic rings. The number of carboxylic acid groups (broad SMARTS) is 4. The fourth-order valence-corrected chi connectivity index (χ4v) is 8.36. The first-order valence-corrected chi connectivity index (χ1v) is 28.7. The third-order valence-electron chi connectivity index (χ3n) is 12.1. The van der Waals surface area contributed by atoms with E-state index >= 15 is 0 Å². The number of Topliss-reactive ketones (excluding diaryl/α,β-unsaturated/α-hetero) is 1. The summed E-state index contributed by atoms with van der Waals surface area (Å²) < 4.78 is 24.1. The SMILES string of the molecule is CC(=O)[C@H](CCCCNC(=O)CC[C@H](NC(=O)COCCOCCNC(=O)COCCOCCNC(=O)CC[C@H](NC(=O)CC[C@H](NC(=O)CCCCCCCCCCCCCCCCC(=O)O)C(=O)O)C(=O)O)C(=O)O)NI. The molecule has 0 spiro atoms. The summed E-state index contributed by atoms with van der Waals surface area (Å²) in [5, 5.41) is 52.2. The van der Waals surface area contributed by atoms with Gasteiger partial charge in [0.15, 0.2) is 0 Å². The molecular formula is C52H90IN7O19. The average Bonchev–Trinajstić information content (AvgIpc) is 3.39. The standard InChI is InChI=1S/C52H90IN7O19/c1-38(61)39(60-53)18-16-17-27-54-43(62)24-22-42(52(74)75)59-48(67)37-79-35-33-77-31-29-56-47(66)36-78-34-32-76-30-28-55-44(63)25-21-40(50(70)71)58-46(65)26-23-41(51(72)73)57-45(64)19-14-12-10-8-6-4-2-3-5-7-9-11-13-15-20-49(68)69/h39-42,60H,2-37H2,1H3,(H,54,62)(H,55,63)(H,56,66)(H,57,64)(H,58,65)(H,59,67)(H,68,69)(H,70,71)(H,72,73)(H,74,75)/t39-,40-,41-,42-/m0/s1. The molecule has 0 radical (unpaired) electrons. The number of ether oxygens (including phenoxy) is 4. The zero-order chi connectivity index (χ0) is 58.9. The summed E-state index contributed by atoms with van der Waals surface area (Å²) in [5.41, 5.74) is 0. The first-order chi connectivity index (χ1) is 37.9. The van der Waals surface area contributed by atoms with Crippen molar-refractivity contribution < 1.29 is 92.1 Å². The van der Waals surface area contributed by atoms with Crippen molar-refractivity contribution in [1.82, 2.24) is 35.4 Å². The van der Waals surface area contributed by atoms with Crippen molar-refractivity contribution in [2.45, 2.75) is 192 Å². The number of halogens is 1. The second-order valence-electron chi connectivity index (χ2n) is 19.0. The first-order valence-electron chi connectivity index (χ1n) is 27.6. The minimum absolute atomic E-state index is 0.0124. The number of hydrogen-bond acceptors (Lipinski definition) is 16. The quantitative estimate of drug-likeness (QED) is 0.0237. The Morgan fingerprint density at radius 3 is 1.13 bits per heavy atom. The van der Waals surface area contributed by atoms with E-state index in [2.05, 4.69) is 35.4 Å². The molecule has 0 aliphatic carbocycles. The maximum Gasteiger partial charge on any atom is 0.326 e. The number of aliphatic carboxylic acids is 4. The molecule has 0 saturated heterocycles. The number of amides is 6. The van der Waals surface area contributed by atoms with Gasteiger partial charge in [0, 0.05) is 74.6 Å². The summed E-state index contributed by atoms with van der Waals surface area (Å²) in [6.45, 7) is 1.92. The van der Waals surface area contributed by atoms with Gasteiger partial charge >= 0.3 is 23.9 Å². The molecule has 0 unspecified atom stereocenters. The highest BCUT2D eigenvalue weighted by Gasteiger charge is 2.25. The molecule has 0 aromatic rings. The minimum Gasteiger partial charge on any atom is -0.481 e. The zero-order valence-corrected chi connectivity index (χ0v) is 48.2. The summed E-state index contributed by atoms with van der Waals surface area (Å²) in [5.74, 6) is -7.84. The van der Waals surface area contributed by atoms with Gasteiger partial charge in [0.25, 0.3) is 0 Å². The number of hydrogen-bond donors (Lipinski definition) is 11. The van der Waals surface area contributed by atoms with E-state index in [1.54, 1.807) is 0 Å². The van der Waals surface area contributed by atoms with Crippen molar-refractivity contribution in [3.63, 3.8) is 0 Å². The molecule has 0 fully saturated rings. The van der Waals surface area contributed by atoms with E-state index in [4.69, 9.17) is 24.1 Å². The fourth-order valence-electron chi connectivity index (χ4n) is 7.61. The van der Waals surface area contributed by atoms with E-state index < -0.39 is 78.1 Å². The van der Waals surface area contributed by atoms with Gasteiger partial charge < -0.3 is 71.3 Å². The Morgan fingerprint density at radius 2 is 0.709 bits per heavy atom. The molecule has 0 rings (SSSR count). The normalized spacial score (nSPS) is 12.5. The number of carboxylic acids is 4. The van der Waals surface area contributed by atoms with Crippen LogP contribution in [0, 0.1) is 0 Å². The average molecular weight is 1240 g/mol. The van der Waals surface area contributed by atoms with Crippen LogP contribution in [0.2, 0.25) is 0 Å². The van der Waals surface area contributed by atoms with Crippen LogP contribution < -0.4 is 35.4 Å². The maximum atomic E-state index is 12.5. The molecule has 454 valence electrons. The Balaban J connectivity index is 4.01. The first kappa shape index (κ1) is 73.9. The van der Waals surface area contributed by atoms with Gasteiger partial charge in [-0.15, -0.1) is 0 Å². The number of unbranched alkanes of at least 4 members (excludes halogenated alkanes) is 14. The molecule has 0 aromatic carbocycles. The molecule has 0 aliphatic heterocycles. The lowest BCUT2D eigenvalue weighted by molar-refractivity contribution is -0.143. The Bertz CT molecular complexity index is 1800. The van der Waals surface area contributed by atoms with Crippen molar-refractivity contribution in [3.05, 3.63) is 0 Å². The lowest BCUT2D eigenvalue weighted by Crippen LogP contribution is -2.44. The predicted molar refractivity (Wildman–Crippen MR) is 296 cm³/mol. The van der Waals surface area contributed by atoms with E-state index in [9.17, 15) is 68.1 Å². The van der Waals surface area contributed by atoms with E-state index in [0.29, 0.717) is 32.2 Å². The number of carbonyl (C=O) groups is 11. The van der Waals surface area contributed by atoms with Gasteiger partial charge in [0.05, 0.1) is 45.7 Å². The Morgan fingerprint density at radius 1 is 0.354 bits per heavy atom. The van der Waals surface area contributed by atoms with Crippen LogP contribution in [0.3, 0.4) is 0 Å². The topological polar surface area (TPSA) is 390 Å². The Kier molecular flexibility index (Phi) is 46.7. The number of carbonyl (C=O) groups excluding carboxylic acids is 7. The van der Waals surface area contributed by atoms with E-state index in [0.717, 1.165) is 57.8 Å². The van der Waals surface area contributed by atoms with Crippen LogP contribution in [0.4, 0.5) is 0 Å². The van der Waals surface area contributed by atoms with Gasteiger partial charge in [0.1, 0.15) is 37.1 Å². The summed E-state index contributed by atoms with van der Waals surface area (Å²) in [4.78, 5) is 131. The minimum atomic E-state index is -1.41. The van der Waals surface area contributed by atoms with Crippen molar-refractivity contribution in [1.29, 1.82) is 0 Å². The highest BCUT2D eigenvalue weighted by atomic mass is 127. The third kappa shape index (κ3) is 46.4. The second kappa shape index (κ2) is 49.9. The molecule has 0 heterocycles. The number of rotatable bonds is 55. The van der Waals surface area contributed by atoms with Crippen LogP contribution in [0.1, 0.15) is 167 Å². The number of ketones is 1. The van der Waals surface area contributed by atoms with Crippen molar-refractivity contribution >= 4 is 88.0 Å². The predicted octanol–water partition coefficient (Wildman–Crippen LogP) is 2.84. The molecule has 0 bridgehead atoms. The molecular weight excluding hydrogens is 1150 g/mol. The molecule has 27 heteroatoms. The molecule has 0 saturated carbocycles. The Hall–Kier alpha value is -5.10. The Labute approximate surface area is 477 Å². The van der Waals surface area contributed by atoms with Crippen molar-refractivity contribution in [2.75, 3.05) is 72.5 Å². The van der Waals surface area contributed by atoms with Gasteiger partial charge in [-0.1, -0.05) is 77.0 Å². The summed E-state index contributed by atoms with van der Waals surface area (Å²) in [6.07, 6.45) is 15.4. The van der Waals surface area contributed by atoms with Gasteiger partial charge in [-0.3, -0.25) is 41.9 Å². The monoisotopic (exact) mass is 1240 g/mol. The summed E-state index contributed by atoms with van der Waals surface area (Å²) in [7, 11) is 0. The van der Waals surface area contributed by atoms with E-state index in [-0.39, 0.29) is 128 Å². The van der Waals surface area contributed by atoms with Crippen LogP contribution in [0.15, 0.2) is 0 Å². The molecule has 79 heavy (non-hydrogen) atoms. The second-order valence-corrected chi connectivity index (χ2v) is 19.6. The zero-order valence-electron chi connectivity index (χ0n) is 46.1. The van der Waals surface area contributed by atoms with Crippen LogP contribution in [-0.2, 0) is 71.7 Å². The largest absolute Gasteiger partial charge is 0.481 e. The highest BCUT2D eigenvalue weighted by molar-refractivity contribution is 14.1. The lowest BCUT2D eigenvalue weighted by Gasteiger charge is -2.17.